The van der Waals surface area contributed by atoms with Crippen molar-refractivity contribution in [2.75, 3.05) is 23.8 Å². The second-order valence-electron chi connectivity index (χ2n) is 7.54. The van der Waals surface area contributed by atoms with Gasteiger partial charge in [0.1, 0.15) is 10.7 Å². The molecule has 0 aliphatic rings. The molecule has 0 aliphatic heterocycles. The van der Waals surface area contributed by atoms with Crippen molar-refractivity contribution in [3.05, 3.63) is 90.1 Å². The van der Waals surface area contributed by atoms with Crippen molar-refractivity contribution in [3.8, 4) is 11.3 Å². The number of anilines is 3. The van der Waals surface area contributed by atoms with Gasteiger partial charge in [-0.15, -0.1) is 10.2 Å². The predicted octanol–water partition coefficient (Wildman–Crippen LogP) is 6.04. The van der Waals surface area contributed by atoms with Crippen molar-refractivity contribution >= 4 is 51.6 Å². The molecule has 0 spiro atoms. The first-order chi connectivity index (χ1) is 17.2. The number of benzene rings is 3. The van der Waals surface area contributed by atoms with Gasteiger partial charge in [-0.1, -0.05) is 71.9 Å². The average molecular weight is 501 g/mol. The molecule has 0 bridgehead atoms. The number of nitrogens with one attached hydrogen (secondary N) is 2. The second kappa shape index (κ2) is 10.7. The number of rotatable bonds is 8. The van der Waals surface area contributed by atoms with E-state index < -0.39 is 0 Å². The summed E-state index contributed by atoms with van der Waals surface area (Å²) in [5, 5.41) is 28.0. The van der Waals surface area contributed by atoms with E-state index in [1.54, 1.807) is 6.20 Å². The molecule has 0 saturated carbocycles. The number of nitrogens with zero attached hydrogens (tertiary/aromatic N) is 4. The van der Waals surface area contributed by atoms with Gasteiger partial charge in [-0.2, -0.15) is 0 Å². The fourth-order valence-electron chi connectivity index (χ4n) is 3.57. The van der Waals surface area contributed by atoms with Crippen molar-refractivity contribution in [1.82, 2.24) is 20.2 Å². The van der Waals surface area contributed by atoms with Crippen LogP contribution in [-0.2, 0) is 0 Å². The number of aliphatic hydroxyl groups excluding tert-OH is 1. The van der Waals surface area contributed by atoms with Crippen LogP contribution in [0.1, 0.15) is 0 Å². The number of aromatic nitrogens is 4. The lowest BCUT2D eigenvalue weighted by Crippen LogP contribution is -2.08. The Morgan fingerprint density at radius 3 is 2.46 bits per heavy atom. The second-order valence-corrected chi connectivity index (χ2v) is 9.04. The van der Waals surface area contributed by atoms with Gasteiger partial charge in [-0.3, -0.25) is 0 Å². The van der Waals surface area contributed by atoms with Crippen LogP contribution in [0, 0.1) is 0 Å². The van der Waals surface area contributed by atoms with E-state index in [0.717, 1.165) is 37.6 Å². The molecule has 3 N–H and O–H groups in total. The molecule has 174 valence electrons. The number of hydrogen-bond donors (Lipinski definition) is 3. The van der Waals surface area contributed by atoms with Crippen LogP contribution in [0.25, 0.3) is 22.0 Å². The number of halogens is 1. The Morgan fingerprint density at radius 2 is 1.63 bits per heavy atom. The van der Waals surface area contributed by atoms with Gasteiger partial charge in [0.2, 0.25) is 5.95 Å². The Hall–Kier alpha value is -3.72. The zero-order valence-electron chi connectivity index (χ0n) is 18.5. The number of para-hydroxylation sites is 1. The van der Waals surface area contributed by atoms with Crippen LogP contribution in [0.4, 0.5) is 17.5 Å². The Morgan fingerprint density at radius 1 is 0.857 bits per heavy atom. The van der Waals surface area contributed by atoms with Crippen molar-refractivity contribution < 1.29 is 5.11 Å². The Kier molecular flexibility index (Phi) is 7.04. The first-order valence-corrected chi connectivity index (χ1v) is 12.1. The van der Waals surface area contributed by atoms with E-state index in [4.69, 9.17) is 16.7 Å². The van der Waals surface area contributed by atoms with Crippen LogP contribution in [0.5, 0.6) is 0 Å². The maximum atomic E-state index is 9.03. The molecule has 0 saturated heterocycles. The molecule has 35 heavy (non-hydrogen) atoms. The van der Waals surface area contributed by atoms with Crippen molar-refractivity contribution in [2.24, 2.45) is 0 Å². The fourth-order valence-corrected chi connectivity index (χ4v) is 4.56. The third kappa shape index (κ3) is 5.35. The molecule has 2 heterocycles. The highest BCUT2D eigenvalue weighted by molar-refractivity contribution is 7.99. The van der Waals surface area contributed by atoms with Gasteiger partial charge < -0.3 is 15.7 Å². The van der Waals surface area contributed by atoms with E-state index in [-0.39, 0.29) is 6.61 Å². The molecular weight excluding hydrogens is 480 g/mol. The topological polar surface area (TPSA) is 95.8 Å². The Balaban J connectivity index is 1.47. The maximum Gasteiger partial charge on any atom is 0.223 e. The first kappa shape index (κ1) is 23.0. The highest BCUT2D eigenvalue weighted by Crippen LogP contribution is 2.36. The zero-order valence-corrected chi connectivity index (χ0v) is 20.1. The predicted molar refractivity (Wildman–Crippen MR) is 141 cm³/mol. The van der Waals surface area contributed by atoms with Crippen LogP contribution in [0.3, 0.4) is 0 Å². The molecule has 9 heteroatoms. The standard InChI is InChI=1S/C26H21ClN6OS/c27-18-11-9-17(10-12-18)24-19-5-1-2-6-20(19)25(33-32-24)30-21-7-3-4-8-22(21)35-23-13-14-28-26(31-23)29-15-16-34/h1-14,34H,15-16H2,(H,30,33)(H,28,29,31). The van der Waals surface area contributed by atoms with Gasteiger partial charge in [0.25, 0.3) is 0 Å². The fraction of sp³-hybridized carbons (Fsp3) is 0.0769. The van der Waals surface area contributed by atoms with Crippen LogP contribution in [-0.4, -0.2) is 38.4 Å². The van der Waals surface area contributed by atoms with Gasteiger partial charge in [0, 0.05) is 39.0 Å². The molecule has 0 fully saturated rings. The molecule has 0 amide bonds. The summed E-state index contributed by atoms with van der Waals surface area (Å²) >= 11 is 7.58. The molecule has 5 aromatic rings. The van der Waals surface area contributed by atoms with E-state index in [9.17, 15) is 0 Å². The third-order valence-electron chi connectivity index (χ3n) is 5.18. The van der Waals surface area contributed by atoms with Gasteiger partial charge in [-0.05, 0) is 30.3 Å². The SMILES string of the molecule is OCCNc1nccc(Sc2ccccc2Nc2nnc(-c3ccc(Cl)cc3)c3ccccc23)n1. The largest absolute Gasteiger partial charge is 0.395 e. The summed E-state index contributed by atoms with van der Waals surface area (Å²) in [6, 6.07) is 25.5. The molecule has 0 aliphatic carbocycles. The minimum absolute atomic E-state index is 0.0132. The summed E-state index contributed by atoms with van der Waals surface area (Å²) in [7, 11) is 0. The lowest BCUT2D eigenvalue weighted by Gasteiger charge is -2.14. The van der Waals surface area contributed by atoms with Crippen LogP contribution < -0.4 is 10.6 Å². The minimum Gasteiger partial charge on any atom is -0.395 e. The van der Waals surface area contributed by atoms with Crippen molar-refractivity contribution in [1.29, 1.82) is 0 Å². The minimum atomic E-state index is 0.0132. The lowest BCUT2D eigenvalue weighted by atomic mass is 10.0. The quantitative estimate of drug-likeness (QED) is 0.222. The Bertz CT molecular complexity index is 1460. The van der Waals surface area contributed by atoms with Crippen molar-refractivity contribution in [3.63, 3.8) is 0 Å². The smallest absolute Gasteiger partial charge is 0.223 e. The molecule has 0 atom stereocenters. The number of aliphatic hydroxyl groups is 1. The summed E-state index contributed by atoms with van der Waals surface area (Å²) in [6.45, 7) is 0.406. The lowest BCUT2D eigenvalue weighted by molar-refractivity contribution is 0.310. The molecule has 7 nitrogen and oxygen atoms in total. The average Bonchev–Trinajstić information content (AvgIpc) is 2.90. The van der Waals surface area contributed by atoms with Crippen LogP contribution in [0.15, 0.2) is 95.0 Å². The summed E-state index contributed by atoms with van der Waals surface area (Å²) in [5.74, 6) is 1.14. The van der Waals surface area contributed by atoms with Gasteiger partial charge in [-0.25, -0.2) is 9.97 Å². The van der Waals surface area contributed by atoms with Crippen LogP contribution in [0.2, 0.25) is 5.02 Å². The molecule has 2 aromatic heterocycles. The van der Waals surface area contributed by atoms with Gasteiger partial charge in [0.05, 0.1) is 12.3 Å². The van der Waals surface area contributed by atoms with E-state index in [2.05, 4.69) is 30.8 Å². The highest BCUT2D eigenvalue weighted by atomic mass is 35.5. The molecule has 3 aromatic carbocycles. The molecule has 5 rings (SSSR count). The monoisotopic (exact) mass is 500 g/mol. The first-order valence-electron chi connectivity index (χ1n) is 10.9. The molecule has 0 radical (unpaired) electrons. The third-order valence-corrected chi connectivity index (χ3v) is 6.45. The summed E-state index contributed by atoms with van der Waals surface area (Å²) < 4.78 is 0. The summed E-state index contributed by atoms with van der Waals surface area (Å²) in [6.07, 6.45) is 1.69. The normalized spacial score (nSPS) is 10.9. The Labute approximate surface area is 211 Å². The van der Waals surface area contributed by atoms with Gasteiger partial charge in [0.15, 0.2) is 5.82 Å². The van der Waals surface area contributed by atoms with Gasteiger partial charge >= 0.3 is 0 Å². The van der Waals surface area contributed by atoms with E-state index in [1.807, 2.05) is 78.9 Å². The summed E-state index contributed by atoms with van der Waals surface area (Å²) in [4.78, 5) is 9.69. The molecule has 0 unspecified atom stereocenters. The van der Waals surface area contributed by atoms with E-state index in [0.29, 0.717) is 23.3 Å². The van der Waals surface area contributed by atoms with Crippen molar-refractivity contribution in [2.45, 2.75) is 9.92 Å². The highest BCUT2D eigenvalue weighted by Gasteiger charge is 2.13. The maximum absolute atomic E-state index is 9.03. The number of fused-ring (bicyclic) bond motifs is 1. The summed E-state index contributed by atoms with van der Waals surface area (Å²) in [5.41, 5.74) is 2.64. The van der Waals surface area contributed by atoms with Crippen LogP contribution >= 0.6 is 23.4 Å². The molecular formula is C26H21ClN6OS. The van der Waals surface area contributed by atoms with E-state index in [1.165, 1.54) is 11.8 Å². The zero-order chi connectivity index (χ0) is 24.0. The number of hydrogen-bond acceptors (Lipinski definition) is 8. The van der Waals surface area contributed by atoms with E-state index >= 15 is 0 Å².